The number of rotatable bonds is 8. The molecule has 0 radical (unpaired) electrons. The smallest absolute Gasteiger partial charge is 0.302 e. The molecule has 0 aromatic rings. The van der Waals surface area contributed by atoms with Gasteiger partial charge in [-0.2, -0.15) is 0 Å². The fourth-order valence-corrected chi connectivity index (χ4v) is 2.41. The van der Waals surface area contributed by atoms with Gasteiger partial charge in [-0.1, -0.05) is 40.5 Å². The van der Waals surface area contributed by atoms with Crippen LogP contribution in [0.4, 0.5) is 0 Å². The van der Waals surface area contributed by atoms with Crippen molar-refractivity contribution in [1.82, 2.24) is 0 Å². The van der Waals surface area contributed by atoms with Gasteiger partial charge >= 0.3 is 5.97 Å². The predicted molar refractivity (Wildman–Crippen MR) is 68.3 cm³/mol. The summed E-state index contributed by atoms with van der Waals surface area (Å²) in [5.41, 5.74) is 0. The quantitative estimate of drug-likeness (QED) is 0.586. The Kier molecular flexibility index (Phi) is 8.32. The molecule has 2 heteroatoms. The first-order valence-electron chi connectivity index (χ1n) is 6.59. The zero-order valence-electron chi connectivity index (χ0n) is 11.6. The molecule has 0 N–H and O–H groups in total. The second-order valence-corrected chi connectivity index (χ2v) is 5.38. The van der Waals surface area contributed by atoms with Crippen LogP contribution in [0.3, 0.4) is 0 Å². The standard InChI is InChI=1S/C14H28O2/c1-6-7-11(2)8-12(3)9-13(4)10-16-14(5)15/h11-13H,6-10H2,1-5H3. The van der Waals surface area contributed by atoms with Crippen LogP contribution < -0.4 is 0 Å². The van der Waals surface area contributed by atoms with Crippen molar-refractivity contribution in [3.8, 4) is 0 Å². The molecule has 0 saturated carbocycles. The van der Waals surface area contributed by atoms with E-state index in [1.165, 1.54) is 26.2 Å². The summed E-state index contributed by atoms with van der Waals surface area (Å²) in [6.07, 6.45) is 5.04. The molecule has 0 spiro atoms. The van der Waals surface area contributed by atoms with Crippen molar-refractivity contribution in [2.75, 3.05) is 6.61 Å². The molecule has 0 aliphatic heterocycles. The molecule has 2 nitrogen and oxygen atoms in total. The van der Waals surface area contributed by atoms with Crippen LogP contribution >= 0.6 is 0 Å². The third-order valence-corrected chi connectivity index (χ3v) is 2.96. The van der Waals surface area contributed by atoms with E-state index in [1.807, 2.05) is 0 Å². The van der Waals surface area contributed by atoms with E-state index in [4.69, 9.17) is 4.74 Å². The van der Waals surface area contributed by atoms with E-state index in [9.17, 15) is 4.79 Å². The molecule has 16 heavy (non-hydrogen) atoms. The Labute approximate surface area is 101 Å². The van der Waals surface area contributed by atoms with Crippen molar-refractivity contribution in [1.29, 1.82) is 0 Å². The largest absolute Gasteiger partial charge is 0.466 e. The Hall–Kier alpha value is -0.530. The topological polar surface area (TPSA) is 26.3 Å². The van der Waals surface area contributed by atoms with Crippen LogP contribution in [0.25, 0.3) is 0 Å². The summed E-state index contributed by atoms with van der Waals surface area (Å²) in [6.45, 7) is 11.1. The van der Waals surface area contributed by atoms with Gasteiger partial charge in [0.1, 0.15) is 0 Å². The lowest BCUT2D eigenvalue weighted by atomic mass is 9.88. The second kappa shape index (κ2) is 8.60. The van der Waals surface area contributed by atoms with Gasteiger partial charge in [0.05, 0.1) is 6.61 Å². The van der Waals surface area contributed by atoms with E-state index in [2.05, 4.69) is 27.7 Å². The van der Waals surface area contributed by atoms with Gasteiger partial charge in [-0.25, -0.2) is 0 Å². The van der Waals surface area contributed by atoms with E-state index in [1.54, 1.807) is 0 Å². The van der Waals surface area contributed by atoms with Crippen LogP contribution in [0.1, 0.15) is 60.3 Å². The Morgan fingerprint density at radius 1 is 1.06 bits per heavy atom. The van der Waals surface area contributed by atoms with Gasteiger partial charge in [0.15, 0.2) is 0 Å². The van der Waals surface area contributed by atoms with E-state index >= 15 is 0 Å². The van der Waals surface area contributed by atoms with Crippen LogP contribution in [0.2, 0.25) is 0 Å². The van der Waals surface area contributed by atoms with Gasteiger partial charge < -0.3 is 4.74 Å². The first kappa shape index (κ1) is 15.5. The molecule has 96 valence electrons. The third-order valence-electron chi connectivity index (χ3n) is 2.96. The first-order valence-corrected chi connectivity index (χ1v) is 6.59. The summed E-state index contributed by atoms with van der Waals surface area (Å²) in [5, 5.41) is 0. The number of ether oxygens (including phenoxy) is 1. The maximum absolute atomic E-state index is 10.7. The number of esters is 1. The highest BCUT2D eigenvalue weighted by Gasteiger charge is 2.13. The molecule has 0 saturated heterocycles. The van der Waals surface area contributed by atoms with E-state index in [-0.39, 0.29) is 5.97 Å². The normalized spacial score (nSPS) is 16.6. The summed E-state index contributed by atoms with van der Waals surface area (Å²) in [7, 11) is 0. The lowest BCUT2D eigenvalue weighted by Crippen LogP contribution is -2.14. The Morgan fingerprint density at radius 2 is 1.62 bits per heavy atom. The molecule has 3 atom stereocenters. The van der Waals surface area contributed by atoms with Gasteiger partial charge in [-0.3, -0.25) is 4.79 Å². The van der Waals surface area contributed by atoms with Gasteiger partial charge in [0.25, 0.3) is 0 Å². The monoisotopic (exact) mass is 228 g/mol. The Bertz CT molecular complexity index is 189. The molecule has 0 aromatic heterocycles. The predicted octanol–water partition coefficient (Wildman–Crippen LogP) is 4.04. The van der Waals surface area contributed by atoms with Crippen LogP contribution in [-0.4, -0.2) is 12.6 Å². The summed E-state index contributed by atoms with van der Waals surface area (Å²) >= 11 is 0. The minimum Gasteiger partial charge on any atom is -0.466 e. The molecule has 0 bridgehead atoms. The molecule has 0 aromatic carbocycles. The lowest BCUT2D eigenvalue weighted by molar-refractivity contribution is -0.142. The highest BCUT2D eigenvalue weighted by molar-refractivity contribution is 5.65. The average molecular weight is 228 g/mol. The molecule has 0 aliphatic rings. The zero-order chi connectivity index (χ0) is 12.6. The van der Waals surface area contributed by atoms with E-state index in [0.29, 0.717) is 12.5 Å². The highest BCUT2D eigenvalue weighted by atomic mass is 16.5. The molecule has 3 unspecified atom stereocenters. The molecule has 0 fully saturated rings. The van der Waals surface area contributed by atoms with Gasteiger partial charge in [0.2, 0.25) is 0 Å². The number of hydrogen-bond acceptors (Lipinski definition) is 2. The van der Waals surface area contributed by atoms with Crippen LogP contribution in [0.15, 0.2) is 0 Å². The molecule has 0 amide bonds. The molecular formula is C14H28O2. The van der Waals surface area contributed by atoms with Crippen molar-refractivity contribution in [2.24, 2.45) is 17.8 Å². The van der Waals surface area contributed by atoms with Crippen LogP contribution in [0.5, 0.6) is 0 Å². The Morgan fingerprint density at radius 3 is 2.12 bits per heavy atom. The summed E-state index contributed by atoms with van der Waals surface area (Å²) < 4.78 is 5.02. The van der Waals surface area contributed by atoms with Gasteiger partial charge in [-0.05, 0) is 30.6 Å². The average Bonchev–Trinajstić information content (AvgIpc) is 2.14. The fourth-order valence-electron chi connectivity index (χ4n) is 2.41. The van der Waals surface area contributed by atoms with E-state index < -0.39 is 0 Å². The minimum absolute atomic E-state index is 0.168. The SMILES string of the molecule is CCCC(C)CC(C)CC(C)COC(C)=O. The first-order chi connectivity index (χ1) is 7.45. The molecule has 0 heterocycles. The maximum Gasteiger partial charge on any atom is 0.302 e. The summed E-state index contributed by atoms with van der Waals surface area (Å²) in [4.78, 5) is 10.7. The highest BCUT2D eigenvalue weighted by Crippen LogP contribution is 2.22. The maximum atomic E-state index is 10.7. The molecule has 0 rings (SSSR count). The van der Waals surface area contributed by atoms with Crippen molar-refractivity contribution in [3.63, 3.8) is 0 Å². The van der Waals surface area contributed by atoms with Gasteiger partial charge in [0, 0.05) is 6.92 Å². The summed E-state index contributed by atoms with van der Waals surface area (Å²) in [5.74, 6) is 1.86. The molecule has 0 aliphatic carbocycles. The zero-order valence-corrected chi connectivity index (χ0v) is 11.6. The van der Waals surface area contributed by atoms with E-state index in [0.717, 1.165) is 18.3 Å². The number of carbonyl (C=O) groups excluding carboxylic acids is 1. The third kappa shape index (κ3) is 8.75. The Balaban J connectivity index is 3.68. The number of carbonyl (C=O) groups is 1. The lowest BCUT2D eigenvalue weighted by Gasteiger charge is -2.20. The van der Waals surface area contributed by atoms with Crippen LogP contribution in [-0.2, 0) is 9.53 Å². The number of hydrogen-bond donors (Lipinski definition) is 0. The van der Waals surface area contributed by atoms with Crippen LogP contribution in [0, 0.1) is 17.8 Å². The fraction of sp³-hybridized carbons (Fsp3) is 0.929. The van der Waals surface area contributed by atoms with Crippen molar-refractivity contribution < 1.29 is 9.53 Å². The second-order valence-electron chi connectivity index (χ2n) is 5.38. The van der Waals surface area contributed by atoms with Crippen molar-refractivity contribution in [2.45, 2.75) is 60.3 Å². The molecular weight excluding hydrogens is 200 g/mol. The van der Waals surface area contributed by atoms with Gasteiger partial charge in [-0.15, -0.1) is 0 Å². The minimum atomic E-state index is -0.168. The van der Waals surface area contributed by atoms with Crippen molar-refractivity contribution >= 4 is 5.97 Å². The summed E-state index contributed by atoms with van der Waals surface area (Å²) in [6, 6.07) is 0. The van der Waals surface area contributed by atoms with Crippen molar-refractivity contribution in [3.05, 3.63) is 0 Å².